The van der Waals surface area contributed by atoms with Crippen LogP contribution in [0.5, 0.6) is 11.5 Å². The third-order valence-corrected chi connectivity index (χ3v) is 5.42. The normalized spacial score (nSPS) is 19.1. The molecule has 0 aliphatic carbocycles. The number of terminal acetylenes is 1. The molecule has 2 heterocycles. The number of carbonyl (C=O) groups excluding carboxylic acids is 1. The predicted octanol–water partition coefficient (Wildman–Crippen LogP) is 3.30. The van der Waals surface area contributed by atoms with Gasteiger partial charge in [-0.2, -0.15) is 4.99 Å². The second-order valence-corrected chi connectivity index (χ2v) is 7.41. The van der Waals surface area contributed by atoms with E-state index in [1.54, 1.807) is 13.0 Å². The Hall–Kier alpha value is -3.04. The molecule has 0 fully saturated rings. The van der Waals surface area contributed by atoms with Crippen molar-refractivity contribution >= 4 is 27.5 Å². The molecule has 136 valence electrons. The van der Waals surface area contributed by atoms with Gasteiger partial charge in [0.1, 0.15) is 6.10 Å². The van der Waals surface area contributed by atoms with Crippen molar-refractivity contribution in [3.63, 3.8) is 0 Å². The number of para-hydroxylation sites is 2. The smallest absolute Gasteiger partial charge is 0.293 e. The van der Waals surface area contributed by atoms with Gasteiger partial charge in [-0.1, -0.05) is 35.5 Å². The Labute approximate surface area is 160 Å². The van der Waals surface area contributed by atoms with Crippen LogP contribution >= 0.6 is 11.3 Å². The number of nitrogens with zero attached hydrogens (tertiary/aromatic N) is 2. The number of aromatic nitrogens is 1. The Morgan fingerprint density at radius 2 is 2.00 bits per heavy atom. The zero-order chi connectivity index (χ0) is 19.0. The van der Waals surface area contributed by atoms with Crippen molar-refractivity contribution in [1.29, 1.82) is 0 Å². The number of rotatable bonds is 2. The Morgan fingerprint density at radius 3 is 2.74 bits per heavy atom. The number of thiazole rings is 1. The van der Waals surface area contributed by atoms with Crippen molar-refractivity contribution in [2.45, 2.75) is 32.6 Å². The van der Waals surface area contributed by atoms with Crippen LogP contribution < -0.4 is 14.3 Å². The molecule has 0 N–H and O–H groups in total. The number of hydrogen-bond acceptors (Lipinski definition) is 4. The van der Waals surface area contributed by atoms with Crippen molar-refractivity contribution < 1.29 is 14.3 Å². The fourth-order valence-corrected chi connectivity index (χ4v) is 4.19. The topological polar surface area (TPSA) is 52.8 Å². The summed E-state index contributed by atoms with van der Waals surface area (Å²) in [6, 6.07) is 13.4. The van der Waals surface area contributed by atoms with E-state index >= 15 is 0 Å². The zero-order valence-corrected chi connectivity index (χ0v) is 15.8. The van der Waals surface area contributed by atoms with Crippen LogP contribution in [-0.2, 0) is 11.3 Å². The van der Waals surface area contributed by atoms with E-state index in [0.717, 1.165) is 15.8 Å². The fraction of sp³-hybridized carbons (Fsp3) is 0.238. The zero-order valence-electron chi connectivity index (χ0n) is 15.0. The van der Waals surface area contributed by atoms with Crippen molar-refractivity contribution in [2.24, 2.45) is 4.99 Å². The molecular weight excluding hydrogens is 360 g/mol. The van der Waals surface area contributed by atoms with Crippen molar-refractivity contribution in [1.82, 2.24) is 4.57 Å². The molecule has 0 bridgehead atoms. The van der Waals surface area contributed by atoms with E-state index in [2.05, 4.69) is 17.0 Å². The lowest BCUT2D eigenvalue weighted by Gasteiger charge is -2.29. The van der Waals surface area contributed by atoms with Gasteiger partial charge in [0.05, 0.1) is 16.8 Å². The largest absolute Gasteiger partial charge is 0.482 e. The first-order chi connectivity index (χ1) is 13.1. The summed E-state index contributed by atoms with van der Waals surface area (Å²) in [6.45, 7) is 4.17. The second-order valence-electron chi connectivity index (χ2n) is 6.40. The van der Waals surface area contributed by atoms with Crippen LogP contribution in [0.3, 0.4) is 0 Å². The Bertz CT molecular complexity index is 1140. The van der Waals surface area contributed by atoms with Gasteiger partial charge in [-0.05, 0) is 43.7 Å². The second kappa shape index (κ2) is 6.93. The number of hydrogen-bond donors (Lipinski definition) is 0. The van der Waals surface area contributed by atoms with Crippen LogP contribution in [-0.4, -0.2) is 22.7 Å². The van der Waals surface area contributed by atoms with Gasteiger partial charge < -0.3 is 14.0 Å². The van der Waals surface area contributed by atoms with Crippen LogP contribution in [0.2, 0.25) is 0 Å². The van der Waals surface area contributed by atoms with Gasteiger partial charge in [0.25, 0.3) is 5.91 Å². The summed E-state index contributed by atoms with van der Waals surface area (Å²) in [5.41, 5.74) is 2.11. The van der Waals surface area contributed by atoms with E-state index in [4.69, 9.17) is 15.9 Å². The van der Waals surface area contributed by atoms with E-state index < -0.39 is 12.2 Å². The summed E-state index contributed by atoms with van der Waals surface area (Å²) in [5.74, 6) is 3.43. The molecule has 1 aliphatic rings. The minimum absolute atomic E-state index is 0.343. The average Bonchev–Trinajstić information content (AvgIpc) is 2.97. The molecular formula is C21H18N2O3S. The summed E-state index contributed by atoms with van der Waals surface area (Å²) in [7, 11) is 0. The van der Waals surface area contributed by atoms with E-state index in [1.807, 2.05) is 41.8 Å². The number of aryl methyl sites for hydroxylation is 1. The van der Waals surface area contributed by atoms with E-state index in [0.29, 0.717) is 22.8 Å². The minimum Gasteiger partial charge on any atom is -0.482 e. The highest BCUT2D eigenvalue weighted by molar-refractivity contribution is 7.16. The minimum atomic E-state index is -0.800. The molecule has 0 radical (unpaired) electrons. The van der Waals surface area contributed by atoms with Crippen molar-refractivity contribution in [3.05, 3.63) is 52.8 Å². The predicted molar refractivity (Wildman–Crippen MR) is 105 cm³/mol. The van der Waals surface area contributed by atoms with Crippen molar-refractivity contribution in [3.8, 4) is 23.8 Å². The first-order valence-corrected chi connectivity index (χ1v) is 9.43. The highest BCUT2D eigenvalue weighted by Crippen LogP contribution is 2.33. The summed E-state index contributed by atoms with van der Waals surface area (Å²) < 4.78 is 14.6. The molecule has 5 nitrogen and oxygen atoms in total. The van der Waals surface area contributed by atoms with Crippen molar-refractivity contribution in [2.75, 3.05) is 0 Å². The third kappa shape index (κ3) is 3.22. The Kier molecular flexibility index (Phi) is 4.46. The van der Waals surface area contributed by atoms with E-state index in [1.165, 1.54) is 11.3 Å². The van der Waals surface area contributed by atoms with Crippen LogP contribution in [0.15, 0.2) is 47.5 Å². The number of carbonyl (C=O) groups is 1. The maximum absolute atomic E-state index is 12.9. The van der Waals surface area contributed by atoms with E-state index in [9.17, 15) is 4.79 Å². The lowest BCUT2D eigenvalue weighted by atomic mass is 10.1. The molecule has 0 saturated carbocycles. The van der Waals surface area contributed by atoms with Gasteiger partial charge in [0, 0.05) is 0 Å². The fourth-order valence-electron chi connectivity index (χ4n) is 3.06. The molecule has 1 amide bonds. The monoisotopic (exact) mass is 378 g/mol. The molecule has 2 atom stereocenters. The third-order valence-electron chi connectivity index (χ3n) is 4.38. The molecule has 3 aromatic rings. The molecule has 4 rings (SSSR count). The van der Waals surface area contributed by atoms with Gasteiger partial charge >= 0.3 is 0 Å². The molecule has 0 saturated heterocycles. The lowest BCUT2D eigenvalue weighted by Crippen LogP contribution is -2.43. The molecule has 1 aromatic heterocycles. The van der Waals surface area contributed by atoms with Gasteiger partial charge in [-0.15, -0.1) is 6.42 Å². The first kappa shape index (κ1) is 17.4. The summed E-state index contributed by atoms with van der Waals surface area (Å²) >= 11 is 1.44. The van der Waals surface area contributed by atoms with Crippen LogP contribution in [0.4, 0.5) is 0 Å². The first-order valence-electron chi connectivity index (χ1n) is 8.61. The van der Waals surface area contributed by atoms with Crippen LogP contribution in [0, 0.1) is 19.3 Å². The van der Waals surface area contributed by atoms with Gasteiger partial charge in [-0.25, -0.2) is 0 Å². The summed E-state index contributed by atoms with van der Waals surface area (Å²) in [5, 5.41) is 0. The molecule has 27 heavy (non-hydrogen) atoms. The lowest BCUT2D eigenvalue weighted by molar-refractivity contribution is -0.130. The SMILES string of the molecule is C#CCn1c(=NC(=O)C2Oc3ccccc3OC2C)sc2cc(C)ccc21. The number of amides is 1. The highest BCUT2D eigenvalue weighted by atomic mass is 32.1. The standard InChI is InChI=1S/C21H18N2O3S/c1-4-11-23-15-10-9-13(2)12-18(15)27-21(23)22-20(24)19-14(3)25-16-7-5-6-8-17(16)26-19/h1,5-10,12,14,19H,11H2,2-3H3. The maximum atomic E-state index is 12.9. The van der Waals surface area contributed by atoms with Crippen LogP contribution in [0.1, 0.15) is 12.5 Å². The van der Waals surface area contributed by atoms with Gasteiger partial charge in [-0.3, -0.25) is 4.79 Å². The molecule has 0 spiro atoms. The Morgan fingerprint density at radius 1 is 1.26 bits per heavy atom. The maximum Gasteiger partial charge on any atom is 0.293 e. The number of benzene rings is 2. The molecule has 2 unspecified atom stereocenters. The quantitative estimate of drug-likeness (QED) is 0.643. The van der Waals surface area contributed by atoms with Gasteiger partial charge in [0.2, 0.25) is 6.10 Å². The van der Waals surface area contributed by atoms with Gasteiger partial charge in [0.15, 0.2) is 16.3 Å². The number of ether oxygens (including phenoxy) is 2. The highest BCUT2D eigenvalue weighted by Gasteiger charge is 2.34. The number of fused-ring (bicyclic) bond motifs is 2. The average molecular weight is 378 g/mol. The van der Waals surface area contributed by atoms with E-state index in [-0.39, 0.29) is 5.91 Å². The summed E-state index contributed by atoms with van der Waals surface area (Å²) in [6.07, 6.45) is 4.28. The summed E-state index contributed by atoms with van der Waals surface area (Å²) in [4.78, 5) is 17.8. The molecule has 6 heteroatoms. The Balaban J connectivity index is 1.74. The van der Waals surface area contributed by atoms with Crippen LogP contribution in [0.25, 0.3) is 10.2 Å². The molecule has 1 aliphatic heterocycles. The molecule has 2 aromatic carbocycles.